The second-order valence-electron chi connectivity index (χ2n) is 6.91. The molecule has 3 aromatic rings. The zero-order valence-electron chi connectivity index (χ0n) is 17.3. The van der Waals surface area contributed by atoms with Gasteiger partial charge in [0.1, 0.15) is 6.04 Å². The van der Waals surface area contributed by atoms with Crippen LogP contribution >= 0.6 is 39.3 Å². The molecule has 1 heterocycles. The summed E-state index contributed by atoms with van der Waals surface area (Å²) in [6.07, 6.45) is 2.68. The van der Waals surface area contributed by atoms with Gasteiger partial charge in [0, 0.05) is 22.3 Å². The van der Waals surface area contributed by atoms with Crippen molar-refractivity contribution in [3.05, 3.63) is 81.5 Å². The van der Waals surface area contributed by atoms with Crippen LogP contribution in [-0.2, 0) is 11.2 Å². The smallest absolute Gasteiger partial charge is 0.272 e. The van der Waals surface area contributed by atoms with Crippen molar-refractivity contribution in [2.45, 2.75) is 31.0 Å². The lowest BCUT2D eigenvalue weighted by Gasteiger charge is -2.19. The van der Waals surface area contributed by atoms with Gasteiger partial charge in [-0.15, -0.1) is 0 Å². The number of hydrogen-bond donors (Lipinski definition) is 2. The van der Waals surface area contributed by atoms with Crippen LogP contribution in [0.15, 0.2) is 70.4 Å². The minimum atomic E-state index is -0.827. The molecule has 0 aliphatic heterocycles. The van der Waals surface area contributed by atoms with E-state index in [1.807, 2.05) is 42.5 Å². The van der Waals surface area contributed by atoms with Crippen LogP contribution in [0.2, 0.25) is 5.02 Å². The molecule has 9 heteroatoms. The highest BCUT2D eigenvalue weighted by molar-refractivity contribution is 9.10. The molecule has 0 saturated carbocycles. The van der Waals surface area contributed by atoms with Gasteiger partial charge in [0.2, 0.25) is 5.91 Å². The molecule has 166 valence electrons. The molecule has 0 aliphatic rings. The first-order valence-electron chi connectivity index (χ1n) is 10.0. The van der Waals surface area contributed by atoms with Crippen molar-refractivity contribution < 1.29 is 9.59 Å². The molecule has 1 aromatic heterocycles. The average Bonchev–Trinajstić information content (AvgIpc) is 2.80. The summed E-state index contributed by atoms with van der Waals surface area (Å²) in [6, 6.07) is 15.9. The van der Waals surface area contributed by atoms with E-state index in [4.69, 9.17) is 11.6 Å². The van der Waals surface area contributed by atoms with Crippen molar-refractivity contribution in [1.29, 1.82) is 0 Å². The maximum atomic E-state index is 13.1. The summed E-state index contributed by atoms with van der Waals surface area (Å²) in [5, 5.41) is 6.26. The Kier molecular flexibility index (Phi) is 9.08. The van der Waals surface area contributed by atoms with Gasteiger partial charge in [-0.1, -0.05) is 76.5 Å². The molecule has 0 bridgehead atoms. The number of anilines is 1. The van der Waals surface area contributed by atoms with Crippen LogP contribution in [0.4, 0.5) is 5.69 Å². The molecule has 0 saturated heterocycles. The maximum absolute atomic E-state index is 13.1. The van der Waals surface area contributed by atoms with Crippen molar-refractivity contribution in [3.8, 4) is 0 Å². The molecule has 0 radical (unpaired) electrons. The molecule has 2 N–H and O–H groups in total. The first-order chi connectivity index (χ1) is 15.5. The summed E-state index contributed by atoms with van der Waals surface area (Å²) in [6.45, 7) is 2.05. The number of hydrogen-bond acceptors (Lipinski definition) is 5. The normalized spacial score (nSPS) is 11.6. The van der Waals surface area contributed by atoms with Crippen LogP contribution in [0.1, 0.15) is 29.4 Å². The summed E-state index contributed by atoms with van der Waals surface area (Å²) in [4.78, 5) is 34.5. The van der Waals surface area contributed by atoms with E-state index >= 15 is 0 Å². The summed E-state index contributed by atoms with van der Waals surface area (Å²) in [5.41, 5.74) is 1.59. The first kappa shape index (κ1) is 24.2. The van der Waals surface area contributed by atoms with Gasteiger partial charge in [0.05, 0.1) is 11.2 Å². The fourth-order valence-corrected chi connectivity index (χ4v) is 3.93. The summed E-state index contributed by atoms with van der Waals surface area (Å²) in [7, 11) is 0. The van der Waals surface area contributed by atoms with Crippen molar-refractivity contribution in [2.24, 2.45) is 0 Å². The summed E-state index contributed by atoms with van der Waals surface area (Å²) < 4.78 is 0.903. The Hall–Kier alpha value is -2.42. The average molecular weight is 534 g/mol. The molecular formula is C23H22BrClN4O2S. The molecule has 0 fully saturated rings. The molecule has 3 rings (SSSR count). The second-order valence-corrected chi connectivity index (χ2v) is 9.29. The zero-order chi connectivity index (χ0) is 22.9. The third kappa shape index (κ3) is 7.05. The SMILES string of the molecule is CCCSc1ncc(Cl)c(C(=O)NC(Cc2ccccc2)C(=O)Nc2ccc(Br)cc2)n1. The van der Waals surface area contributed by atoms with Gasteiger partial charge in [-0.3, -0.25) is 9.59 Å². The third-order valence-corrected chi connectivity index (χ3v) is 6.26. The molecule has 2 aromatic carbocycles. The highest BCUT2D eigenvalue weighted by atomic mass is 79.9. The molecule has 6 nitrogen and oxygen atoms in total. The minimum absolute atomic E-state index is 0.0507. The van der Waals surface area contributed by atoms with E-state index in [9.17, 15) is 9.59 Å². The standard InChI is InChI=1S/C23H22BrClN4O2S/c1-2-12-32-23-26-14-18(25)20(29-23)22(31)28-19(13-15-6-4-3-5-7-15)21(30)27-17-10-8-16(24)9-11-17/h3-11,14,19H,2,12-13H2,1H3,(H,27,30)(H,28,31). The van der Waals surface area contributed by atoms with E-state index in [1.165, 1.54) is 18.0 Å². The fourth-order valence-electron chi connectivity index (χ4n) is 2.82. The molecule has 0 spiro atoms. The molecule has 0 aliphatic carbocycles. The minimum Gasteiger partial charge on any atom is -0.338 e. The monoisotopic (exact) mass is 532 g/mol. The number of carbonyl (C=O) groups excluding carboxylic acids is 2. The number of thioether (sulfide) groups is 1. The maximum Gasteiger partial charge on any atom is 0.272 e. The van der Waals surface area contributed by atoms with Gasteiger partial charge in [0.25, 0.3) is 5.91 Å². The zero-order valence-corrected chi connectivity index (χ0v) is 20.5. The van der Waals surface area contributed by atoms with Gasteiger partial charge < -0.3 is 10.6 Å². The summed E-state index contributed by atoms with van der Waals surface area (Å²) in [5.74, 6) is -0.0347. The number of nitrogens with zero attached hydrogens (tertiary/aromatic N) is 2. The number of rotatable bonds is 9. The van der Waals surface area contributed by atoms with E-state index in [1.54, 1.807) is 12.1 Å². The van der Waals surface area contributed by atoms with Gasteiger partial charge in [-0.2, -0.15) is 0 Å². The van der Waals surface area contributed by atoms with E-state index in [2.05, 4.69) is 43.5 Å². The van der Waals surface area contributed by atoms with Crippen molar-refractivity contribution in [3.63, 3.8) is 0 Å². The number of nitrogens with one attached hydrogen (secondary N) is 2. The molecule has 1 atom stereocenters. The molecular weight excluding hydrogens is 512 g/mol. The van der Waals surface area contributed by atoms with Crippen LogP contribution in [0.5, 0.6) is 0 Å². The van der Waals surface area contributed by atoms with Crippen LogP contribution in [0, 0.1) is 0 Å². The Morgan fingerprint density at radius 2 is 1.84 bits per heavy atom. The number of aromatic nitrogens is 2. The van der Waals surface area contributed by atoms with Crippen LogP contribution in [0.3, 0.4) is 0 Å². The summed E-state index contributed by atoms with van der Waals surface area (Å²) >= 11 is 11.0. The van der Waals surface area contributed by atoms with E-state index in [0.29, 0.717) is 17.3 Å². The van der Waals surface area contributed by atoms with Crippen LogP contribution in [0.25, 0.3) is 0 Å². The Morgan fingerprint density at radius 1 is 1.12 bits per heavy atom. The first-order valence-corrected chi connectivity index (χ1v) is 12.2. The molecule has 1 unspecified atom stereocenters. The Labute approximate surface area is 204 Å². The highest BCUT2D eigenvalue weighted by Gasteiger charge is 2.24. The van der Waals surface area contributed by atoms with E-state index in [-0.39, 0.29) is 16.6 Å². The lowest BCUT2D eigenvalue weighted by atomic mass is 10.0. The quantitative estimate of drug-likeness (QED) is 0.285. The van der Waals surface area contributed by atoms with Gasteiger partial charge in [-0.05, 0) is 36.2 Å². The predicted molar refractivity (Wildman–Crippen MR) is 132 cm³/mol. The highest BCUT2D eigenvalue weighted by Crippen LogP contribution is 2.20. The number of benzene rings is 2. The van der Waals surface area contributed by atoms with E-state index < -0.39 is 11.9 Å². The molecule has 32 heavy (non-hydrogen) atoms. The van der Waals surface area contributed by atoms with Crippen molar-refractivity contribution >= 4 is 56.8 Å². The molecule has 2 amide bonds. The van der Waals surface area contributed by atoms with Crippen LogP contribution < -0.4 is 10.6 Å². The third-order valence-electron chi connectivity index (χ3n) is 4.39. The Morgan fingerprint density at radius 3 is 2.53 bits per heavy atom. The topological polar surface area (TPSA) is 84.0 Å². The van der Waals surface area contributed by atoms with Crippen molar-refractivity contribution in [2.75, 3.05) is 11.1 Å². The predicted octanol–water partition coefficient (Wildman–Crippen LogP) is 5.37. The number of carbonyl (C=O) groups is 2. The van der Waals surface area contributed by atoms with Gasteiger partial charge in [-0.25, -0.2) is 9.97 Å². The largest absolute Gasteiger partial charge is 0.338 e. The lowest BCUT2D eigenvalue weighted by molar-refractivity contribution is -0.118. The van der Waals surface area contributed by atoms with Crippen molar-refractivity contribution in [1.82, 2.24) is 15.3 Å². The van der Waals surface area contributed by atoms with Gasteiger partial charge in [0.15, 0.2) is 10.9 Å². The van der Waals surface area contributed by atoms with Crippen LogP contribution in [-0.4, -0.2) is 33.6 Å². The fraction of sp³-hybridized carbons (Fsp3) is 0.217. The Balaban J connectivity index is 1.80. The van der Waals surface area contributed by atoms with E-state index in [0.717, 1.165) is 22.2 Å². The number of halogens is 2. The lowest BCUT2D eigenvalue weighted by Crippen LogP contribution is -2.45. The van der Waals surface area contributed by atoms with Gasteiger partial charge >= 0.3 is 0 Å². The Bertz CT molecular complexity index is 1070. The number of amides is 2. The second kappa shape index (κ2) is 12.0.